The molecule has 0 aliphatic rings. The van der Waals surface area contributed by atoms with E-state index in [0.717, 1.165) is 25.5 Å². The second kappa shape index (κ2) is 7.84. The molecule has 0 aliphatic carbocycles. The van der Waals surface area contributed by atoms with Gasteiger partial charge in [-0.2, -0.15) is 0 Å². The monoisotopic (exact) mass is 301 g/mol. The fourth-order valence-electron chi connectivity index (χ4n) is 2.11. The molecular weight excluding hydrogens is 278 g/mol. The minimum Gasteiger partial charge on any atom is -0.352 e. The first-order valence-electron chi connectivity index (χ1n) is 7.29. The van der Waals surface area contributed by atoms with Gasteiger partial charge in [-0.05, 0) is 31.0 Å². The molecule has 0 aliphatic heterocycles. The predicted molar refractivity (Wildman–Crippen MR) is 91.9 cm³/mol. The van der Waals surface area contributed by atoms with Crippen LogP contribution in [0.2, 0.25) is 0 Å². The Morgan fingerprint density at radius 3 is 2.52 bits per heavy atom. The maximum atomic E-state index is 4.27. The first kappa shape index (κ1) is 15.6. The summed E-state index contributed by atoms with van der Waals surface area (Å²) >= 11 is 1.86. The van der Waals surface area contributed by atoms with Gasteiger partial charge in [0, 0.05) is 23.3 Å². The average Bonchev–Trinajstić information content (AvgIpc) is 2.95. The Labute approximate surface area is 131 Å². The summed E-state index contributed by atoms with van der Waals surface area (Å²) in [7, 11) is 1.80. The molecule has 0 spiro atoms. The van der Waals surface area contributed by atoms with Gasteiger partial charge in [-0.1, -0.05) is 36.8 Å². The fraction of sp³-hybridized carbons (Fsp3) is 0.353. The maximum absolute atomic E-state index is 4.27. The Hall–Kier alpha value is -1.81. The average molecular weight is 301 g/mol. The van der Waals surface area contributed by atoms with Crippen molar-refractivity contribution >= 4 is 17.3 Å². The highest BCUT2D eigenvalue weighted by atomic mass is 32.1. The van der Waals surface area contributed by atoms with E-state index in [1.54, 1.807) is 7.05 Å². The lowest BCUT2D eigenvalue weighted by atomic mass is 10.1. The van der Waals surface area contributed by atoms with E-state index in [0.29, 0.717) is 0 Å². The predicted octanol–water partition coefficient (Wildman–Crippen LogP) is 3.48. The van der Waals surface area contributed by atoms with Crippen molar-refractivity contribution < 1.29 is 0 Å². The molecule has 0 saturated heterocycles. The van der Waals surface area contributed by atoms with Crippen molar-refractivity contribution in [3.63, 3.8) is 0 Å². The van der Waals surface area contributed by atoms with Crippen LogP contribution in [0.3, 0.4) is 0 Å². The zero-order valence-corrected chi connectivity index (χ0v) is 13.8. The van der Waals surface area contributed by atoms with E-state index in [2.05, 4.69) is 65.9 Å². The topological polar surface area (TPSA) is 36.4 Å². The van der Waals surface area contributed by atoms with Gasteiger partial charge in [-0.15, -0.1) is 11.3 Å². The molecule has 2 aromatic rings. The molecule has 0 fully saturated rings. The van der Waals surface area contributed by atoms with Gasteiger partial charge in [-0.25, -0.2) is 0 Å². The van der Waals surface area contributed by atoms with Crippen LogP contribution in [0.4, 0.5) is 0 Å². The van der Waals surface area contributed by atoms with Gasteiger partial charge in [0.2, 0.25) is 0 Å². The minimum absolute atomic E-state index is 0.784. The first-order valence-corrected chi connectivity index (χ1v) is 8.10. The van der Waals surface area contributed by atoms with Crippen LogP contribution in [0.5, 0.6) is 0 Å². The number of hydrogen-bond acceptors (Lipinski definition) is 2. The standard InChI is InChI=1S/C17H23N3S/c1-4-15-8-9-16(21-15)12-20-17(18-3)19-11-14-7-5-6-13(2)10-14/h5-10H,4,11-12H2,1-3H3,(H2,18,19,20). The van der Waals surface area contributed by atoms with E-state index in [9.17, 15) is 0 Å². The molecule has 4 heteroatoms. The lowest BCUT2D eigenvalue weighted by Crippen LogP contribution is -2.36. The molecule has 1 aromatic carbocycles. The molecule has 21 heavy (non-hydrogen) atoms. The number of aliphatic imine (C=N–C) groups is 1. The largest absolute Gasteiger partial charge is 0.352 e. The molecular formula is C17H23N3S. The van der Waals surface area contributed by atoms with E-state index in [1.807, 2.05) is 11.3 Å². The Balaban J connectivity index is 1.83. The number of thiophene rings is 1. The third-order valence-electron chi connectivity index (χ3n) is 3.26. The minimum atomic E-state index is 0.784. The highest BCUT2D eigenvalue weighted by Gasteiger charge is 2.01. The number of nitrogens with zero attached hydrogens (tertiary/aromatic N) is 1. The van der Waals surface area contributed by atoms with E-state index in [1.165, 1.54) is 20.9 Å². The summed E-state index contributed by atoms with van der Waals surface area (Å²) in [5.41, 5.74) is 2.55. The molecule has 112 valence electrons. The molecule has 1 heterocycles. The first-order chi connectivity index (χ1) is 10.2. The zero-order valence-electron chi connectivity index (χ0n) is 12.9. The number of guanidine groups is 1. The molecule has 0 radical (unpaired) electrons. The van der Waals surface area contributed by atoms with Gasteiger partial charge < -0.3 is 10.6 Å². The van der Waals surface area contributed by atoms with E-state index < -0.39 is 0 Å². The van der Waals surface area contributed by atoms with Gasteiger partial charge in [0.25, 0.3) is 0 Å². The van der Waals surface area contributed by atoms with Crippen LogP contribution >= 0.6 is 11.3 Å². The summed E-state index contributed by atoms with van der Waals surface area (Å²) in [6.07, 6.45) is 1.10. The van der Waals surface area contributed by atoms with Crippen molar-refractivity contribution in [2.45, 2.75) is 33.4 Å². The molecule has 0 amide bonds. The normalized spacial score (nSPS) is 11.5. The summed E-state index contributed by atoms with van der Waals surface area (Å²) in [6.45, 7) is 5.90. The van der Waals surface area contributed by atoms with E-state index >= 15 is 0 Å². The maximum Gasteiger partial charge on any atom is 0.191 e. The quantitative estimate of drug-likeness (QED) is 0.655. The number of benzene rings is 1. The van der Waals surface area contributed by atoms with Crippen LogP contribution in [0.15, 0.2) is 41.4 Å². The second-order valence-electron chi connectivity index (χ2n) is 4.99. The Bertz CT molecular complexity index is 602. The van der Waals surface area contributed by atoms with Crippen LogP contribution in [-0.4, -0.2) is 13.0 Å². The zero-order chi connectivity index (χ0) is 15.1. The van der Waals surface area contributed by atoms with Crippen molar-refractivity contribution in [1.82, 2.24) is 10.6 Å². The number of aryl methyl sites for hydroxylation is 2. The molecule has 1 aromatic heterocycles. The SMILES string of the molecule is CCc1ccc(CNC(=NC)NCc2cccc(C)c2)s1. The highest BCUT2D eigenvalue weighted by molar-refractivity contribution is 7.11. The van der Waals surface area contributed by atoms with Crippen LogP contribution in [-0.2, 0) is 19.5 Å². The summed E-state index contributed by atoms with van der Waals surface area (Å²) in [6, 6.07) is 12.9. The molecule has 0 unspecified atom stereocenters. The summed E-state index contributed by atoms with van der Waals surface area (Å²) in [5.74, 6) is 0.836. The Morgan fingerprint density at radius 2 is 1.86 bits per heavy atom. The Kier molecular flexibility index (Phi) is 5.81. The number of nitrogens with one attached hydrogen (secondary N) is 2. The molecule has 0 saturated carbocycles. The lowest BCUT2D eigenvalue weighted by Gasteiger charge is -2.11. The van der Waals surface area contributed by atoms with Crippen LogP contribution in [0, 0.1) is 6.92 Å². The van der Waals surface area contributed by atoms with Crippen molar-refractivity contribution in [2.24, 2.45) is 4.99 Å². The van der Waals surface area contributed by atoms with Crippen LogP contribution < -0.4 is 10.6 Å². The van der Waals surface area contributed by atoms with Crippen molar-refractivity contribution in [1.29, 1.82) is 0 Å². The van der Waals surface area contributed by atoms with Gasteiger partial charge in [0.1, 0.15) is 0 Å². The summed E-state index contributed by atoms with van der Waals surface area (Å²) in [4.78, 5) is 7.03. The molecule has 3 nitrogen and oxygen atoms in total. The second-order valence-corrected chi connectivity index (χ2v) is 6.24. The van der Waals surface area contributed by atoms with Gasteiger partial charge in [0.15, 0.2) is 5.96 Å². The molecule has 2 N–H and O–H groups in total. The van der Waals surface area contributed by atoms with Gasteiger partial charge in [-0.3, -0.25) is 4.99 Å². The molecule has 2 rings (SSSR count). The third kappa shape index (κ3) is 4.90. The van der Waals surface area contributed by atoms with Crippen LogP contribution in [0.25, 0.3) is 0 Å². The third-order valence-corrected chi connectivity index (χ3v) is 4.49. The van der Waals surface area contributed by atoms with Crippen LogP contribution in [0.1, 0.15) is 27.8 Å². The lowest BCUT2D eigenvalue weighted by molar-refractivity contribution is 0.815. The van der Waals surface area contributed by atoms with Crippen molar-refractivity contribution in [3.8, 4) is 0 Å². The van der Waals surface area contributed by atoms with Crippen molar-refractivity contribution in [2.75, 3.05) is 7.05 Å². The van der Waals surface area contributed by atoms with E-state index in [4.69, 9.17) is 0 Å². The fourth-order valence-corrected chi connectivity index (χ4v) is 3.00. The molecule has 0 bridgehead atoms. The van der Waals surface area contributed by atoms with Crippen molar-refractivity contribution in [3.05, 3.63) is 57.3 Å². The smallest absolute Gasteiger partial charge is 0.191 e. The summed E-state index contributed by atoms with van der Waals surface area (Å²) < 4.78 is 0. The highest BCUT2D eigenvalue weighted by Crippen LogP contribution is 2.16. The number of hydrogen-bond donors (Lipinski definition) is 2. The van der Waals surface area contributed by atoms with Gasteiger partial charge >= 0.3 is 0 Å². The summed E-state index contributed by atoms with van der Waals surface area (Å²) in [5, 5.41) is 6.70. The van der Waals surface area contributed by atoms with E-state index in [-0.39, 0.29) is 0 Å². The molecule has 0 atom stereocenters. The Morgan fingerprint density at radius 1 is 1.10 bits per heavy atom. The van der Waals surface area contributed by atoms with Gasteiger partial charge in [0.05, 0.1) is 6.54 Å². The number of rotatable bonds is 5.